The van der Waals surface area contributed by atoms with Gasteiger partial charge in [0, 0.05) is 13.5 Å². The number of hydrogen-bond acceptors (Lipinski definition) is 5. The van der Waals surface area contributed by atoms with Gasteiger partial charge < -0.3 is 15.2 Å². The number of rotatable bonds is 8. The number of ether oxygens (including phenoxy) is 1. The van der Waals surface area contributed by atoms with Gasteiger partial charge in [0.2, 0.25) is 5.91 Å². The third kappa shape index (κ3) is 5.47. The maximum atomic E-state index is 11.8. The Morgan fingerprint density at radius 1 is 1.53 bits per heavy atom. The van der Waals surface area contributed by atoms with Crippen LogP contribution in [0.4, 0.5) is 0 Å². The molecule has 1 aromatic rings. The minimum absolute atomic E-state index is 0.133. The average molecular weight is 270 g/mol. The topological polar surface area (TPSA) is 106 Å². The molecule has 0 saturated heterocycles. The van der Waals surface area contributed by atoms with E-state index in [4.69, 9.17) is 9.84 Å². The minimum atomic E-state index is -0.990. The molecule has 0 spiro atoms. The van der Waals surface area contributed by atoms with Crippen LogP contribution in [0.25, 0.3) is 0 Å². The number of aliphatic carboxylic acids is 1. The van der Waals surface area contributed by atoms with Crippen LogP contribution in [-0.4, -0.2) is 51.0 Å². The van der Waals surface area contributed by atoms with Gasteiger partial charge in [0.05, 0.1) is 25.1 Å². The van der Waals surface area contributed by atoms with Gasteiger partial charge in [-0.3, -0.25) is 14.3 Å². The molecule has 0 bridgehead atoms. The second kappa shape index (κ2) is 6.83. The van der Waals surface area contributed by atoms with Gasteiger partial charge in [-0.2, -0.15) is 5.10 Å². The summed E-state index contributed by atoms with van der Waals surface area (Å²) in [5.74, 6) is -1.24. The monoisotopic (exact) mass is 270 g/mol. The molecule has 106 valence electrons. The highest BCUT2D eigenvalue weighted by molar-refractivity contribution is 5.78. The Morgan fingerprint density at radius 2 is 2.26 bits per heavy atom. The SMILES string of the molecule is COCC(C)(CC(=O)O)NC(=O)CCn1cncn1. The second-order valence-electron chi connectivity index (χ2n) is 4.52. The molecule has 0 aliphatic heterocycles. The molecule has 1 rings (SSSR count). The van der Waals surface area contributed by atoms with Crippen LogP contribution >= 0.6 is 0 Å². The van der Waals surface area contributed by atoms with Crippen LogP contribution in [0.1, 0.15) is 19.8 Å². The highest BCUT2D eigenvalue weighted by Crippen LogP contribution is 2.10. The summed E-state index contributed by atoms with van der Waals surface area (Å²) in [4.78, 5) is 26.3. The molecular formula is C11H18N4O4. The lowest BCUT2D eigenvalue weighted by atomic mass is 9.98. The maximum Gasteiger partial charge on any atom is 0.305 e. The van der Waals surface area contributed by atoms with Crippen molar-refractivity contribution in [3.8, 4) is 0 Å². The van der Waals surface area contributed by atoms with E-state index in [-0.39, 0.29) is 25.4 Å². The molecule has 1 atom stereocenters. The zero-order chi connectivity index (χ0) is 14.3. The van der Waals surface area contributed by atoms with Crippen LogP contribution in [0.5, 0.6) is 0 Å². The molecule has 2 N–H and O–H groups in total. The molecule has 19 heavy (non-hydrogen) atoms. The summed E-state index contributed by atoms with van der Waals surface area (Å²) in [6.45, 7) is 2.16. The number of carboxylic acids is 1. The van der Waals surface area contributed by atoms with Crippen LogP contribution in [-0.2, 0) is 20.9 Å². The van der Waals surface area contributed by atoms with Crippen molar-refractivity contribution in [3.63, 3.8) is 0 Å². The summed E-state index contributed by atoms with van der Waals surface area (Å²) in [5.41, 5.74) is -0.917. The number of nitrogens with zero attached hydrogens (tertiary/aromatic N) is 3. The quantitative estimate of drug-likeness (QED) is 0.669. The van der Waals surface area contributed by atoms with Gasteiger partial charge in [-0.05, 0) is 6.92 Å². The number of hydrogen-bond donors (Lipinski definition) is 2. The Bertz CT molecular complexity index is 420. The number of methoxy groups -OCH3 is 1. The van der Waals surface area contributed by atoms with Crippen LogP contribution in [0, 0.1) is 0 Å². The number of amides is 1. The summed E-state index contributed by atoms with van der Waals surface area (Å²) in [6, 6.07) is 0. The van der Waals surface area contributed by atoms with E-state index in [0.717, 1.165) is 0 Å². The van der Waals surface area contributed by atoms with Crippen molar-refractivity contribution in [2.75, 3.05) is 13.7 Å². The van der Waals surface area contributed by atoms with E-state index in [0.29, 0.717) is 6.54 Å². The van der Waals surface area contributed by atoms with Gasteiger partial charge in [0.15, 0.2) is 0 Å². The fraction of sp³-hybridized carbons (Fsp3) is 0.636. The first kappa shape index (κ1) is 15.1. The molecule has 0 aliphatic rings. The Balaban J connectivity index is 2.48. The largest absolute Gasteiger partial charge is 0.481 e. The predicted octanol–water partition coefficient (Wildman–Crippen LogP) is -0.336. The van der Waals surface area contributed by atoms with Crippen molar-refractivity contribution in [3.05, 3.63) is 12.7 Å². The van der Waals surface area contributed by atoms with Crippen LogP contribution < -0.4 is 5.32 Å². The van der Waals surface area contributed by atoms with Crippen molar-refractivity contribution in [1.29, 1.82) is 0 Å². The maximum absolute atomic E-state index is 11.8. The van der Waals surface area contributed by atoms with Gasteiger partial charge in [-0.1, -0.05) is 0 Å². The lowest BCUT2D eigenvalue weighted by Crippen LogP contribution is -2.50. The number of carbonyl (C=O) groups excluding carboxylic acids is 1. The third-order valence-electron chi connectivity index (χ3n) is 2.48. The van der Waals surface area contributed by atoms with Gasteiger partial charge in [-0.25, -0.2) is 4.98 Å². The zero-order valence-corrected chi connectivity index (χ0v) is 11.0. The molecule has 1 amide bonds. The van der Waals surface area contributed by atoms with Gasteiger partial charge in [0.25, 0.3) is 0 Å². The molecule has 8 nitrogen and oxygen atoms in total. The molecule has 0 aromatic carbocycles. The number of aryl methyl sites for hydroxylation is 1. The second-order valence-corrected chi connectivity index (χ2v) is 4.52. The first-order valence-corrected chi connectivity index (χ1v) is 5.79. The van der Waals surface area contributed by atoms with E-state index in [1.807, 2.05) is 0 Å². The van der Waals surface area contributed by atoms with Crippen molar-refractivity contribution in [1.82, 2.24) is 20.1 Å². The third-order valence-corrected chi connectivity index (χ3v) is 2.48. The van der Waals surface area contributed by atoms with E-state index >= 15 is 0 Å². The van der Waals surface area contributed by atoms with Crippen LogP contribution in [0.2, 0.25) is 0 Å². The smallest absolute Gasteiger partial charge is 0.305 e. The number of carbonyl (C=O) groups is 2. The highest BCUT2D eigenvalue weighted by Gasteiger charge is 2.29. The first-order valence-electron chi connectivity index (χ1n) is 5.79. The van der Waals surface area contributed by atoms with Gasteiger partial charge in [-0.15, -0.1) is 0 Å². The van der Waals surface area contributed by atoms with Crippen LogP contribution in [0.15, 0.2) is 12.7 Å². The molecule has 1 aromatic heterocycles. The summed E-state index contributed by atoms with van der Waals surface area (Å²) in [5, 5.41) is 15.4. The Morgan fingerprint density at radius 3 is 2.79 bits per heavy atom. The molecule has 1 unspecified atom stereocenters. The predicted molar refractivity (Wildman–Crippen MR) is 65.3 cm³/mol. The van der Waals surface area contributed by atoms with Crippen LogP contribution in [0.3, 0.4) is 0 Å². The molecule has 0 aliphatic carbocycles. The van der Waals surface area contributed by atoms with E-state index in [1.54, 1.807) is 6.92 Å². The van der Waals surface area contributed by atoms with Crippen molar-refractivity contribution >= 4 is 11.9 Å². The Hall–Kier alpha value is -1.96. The Kier molecular flexibility index (Phi) is 5.43. The fourth-order valence-corrected chi connectivity index (χ4v) is 1.75. The van der Waals surface area contributed by atoms with Gasteiger partial charge in [0.1, 0.15) is 12.7 Å². The number of carboxylic acid groups (broad SMARTS) is 1. The Labute approximate surface area is 110 Å². The summed E-state index contributed by atoms with van der Waals surface area (Å²) in [6.07, 6.45) is 2.90. The minimum Gasteiger partial charge on any atom is -0.481 e. The van der Waals surface area contributed by atoms with Gasteiger partial charge >= 0.3 is 5.97 Å². The lowest BCUT2D eigenvalue weighted by Gasteiger charge is -2.28. The lowest BCUT2D eigenvalue weighted by molar-refractivity contribution is -0.139. The molecule has 0 radical (unpaired) electrons. The zero-order valence-electron chi connectivity index (χ0n) is 11.0. The summed E-state index contributed by atoms with van der Waals surface area (Å²) >= 11 is 0. The van der Waals surface area contributed by atoms with E-state index in [2.05, 4.69) is 15.4 Å². The van der Waals surface area contributed by atoms with E-state index in [9.17, 15) is 9.59 Å². The number of aromatic nitrogens is 3. The molecule has 0 saturated carbocycles. The normalized spacial score (nSPS) is 13.8. The van der Waals surface area contributed by atoms with Crippen molar-refractivity contribution in [2.24, 2.45) is 0 Å². The molecule has 1 heterocycles. The summed E-state index contributed by atoms with van der Waals surface area (Å²) in [7, 11) is 1.46. The number of nitrogens with one attached hydrogen (secondary N) is 1. The highest BCUT2D eigenvalue weighted by atomic mass is 16.5. The first-order chi connectivity index (χ1) is 8.95. The fourth-order valence-electron chi connectivity index (χ4n) is 1.75. The average Bonchev–Trinajstić information content (AvgIpc) is 2.77. The van der Waals surface area contributed by atoms with E-state index in [1.165, 1.54) is 24.4 Å². The molecule has 0 fully saturated rings. The van der Waals surface area contributed by atoms with Crippen molar-refractivity contribution in [2.45, 2.75) is 31.8 Å². The van der Waals surface area contributed by atoms with Crippen molar-refractivity contribution < 1.29 is 19.4 Å². The standard InChI is InChI=1S/C11H18N4O4/c1-11(6-19-2,5-10(17)18)14-9(16)3-4-15-8-12-7-13-15/h7-8H,3-6H2,1-2H3,(H,14,16)(H,17,18). The van der Waals surface area contributed by atoms with E-state index < -0.39 is 11.5 Å². The molecule has 8 heteroatoms. The summed E-state index contributed by atoms with van der Waals surface area (Å²) < 4.78 is 6.49. The molecular weight excluding hydrogens is 252 g/mol.